The molecule has 26 heavy (non-hydrogen) atoms. The molecule has 2 heterocycles. The summed E-state index contributed by atoms with van der Waals surface area (Å²) in [7, 11) is 0. The monoisotopic (exact) mass is 391 g/mol. The zero-order valence-corrected chi connectivity index (χ0v) is 15.8. The zero-order chi connectivity index (χ0) is 18.7. The molecule has 3 N–H and O–H groups in total. The summed E-state index contributed by atoms with van der Waals surface area (Å²) in [4.78, 5) is 37.3. The predicted molar refractivity (Wildman–Crippen MR) is 102 cm³/mol. The number of anilines is 2. The number of amides is 3. The van der Waals surface area contributed by atoms with E-state index in [-0.39, 0.29) is 17.6 Å². The zero-order valence-electron chi connectivity index (χ0n) is 14.1. The minimum atomic E-state index is -0.823. The molecule has 0 radical (unpaired) electrons. The summed E-state index contributed by atoms with van der Waals surface area (Å²) in [5, 5.41) is 10.1. The molecule has 1 aromatic carbocycles. The maximum Gasteiger partial charge on any atom is 0.414 e. The van der Waals surface area contributed by atoms with Gasteiger partial charge in [-0.2, -0.15) is 0 Å². The molecule has 3 rings (SSSR count). The van der Waals surface area contributed by atoms with Crippen LogP contribution in [0.15, 0.2) is 34.5 Å². The minimum Gasteiger partial charge on any atom is -0.447 e. The smallest absolute Gasteiger partial charge is 0.414 e. The normalized spacial score (nSPS) is 12.3. The first-order chi connectivity index (χ1) is 12.4. The molecule has 0 aliphatic carbocycles. The molecule has 0 bridgehead atoms. The van der Waals surface area contributed by atoms with Crippen molar-refractivity contribution < 1.29 is 19.1 Å². The lowest BCUT2D eigenvalue weighted by atomic mass is 10.2. The Morgan fingerprint density at radius 2 is 2.00 bits per heavy atom. The molecule has 2 aromatic rings. The fourth-order valence-electron chi connectivity index (χ4n) is 2.28. The van der Waals surface area contributed by atoms with Crippen molar-refractivity contribution in [3.8, 4) is 0 Å². The third-order valence-corrected chi connectivity index (χ3v) is 5.20. The van der Waals surface area contributed by atoms with Crippen LogP contribution in [-0.4, -0.2) is 29.9 Å². The number of hydrogen-bond acceptors (Lipinski definition) is 7. The number of fused-ring (bicyclic) bond motifs is 1. The first kappa shape index (κ1) is 18.3. The molecule has 0 unspecified atom stereocenters. The molecule has 9 heteroatoms. The molecule has 136 valence electrons. The van der Waals surface area contributed by atoms with Gasteiger partial charge in [-0.3, -0.25) is 14.9 Å². The number of benzene rings is 1. The van der Waals surface area contributed by atoms with Crippen LogP contribution in [0.25, 0.3) is 0 Å². The van der Waals surface area contributed by atoms with Gasteiger partial charge in [0.15, 0.2) is 0 Å². The Labute approximate surface area is 158 Å². The molecule has 0 saturated carbocycles. The highest BCUT2D eigenvalue weighted by Crippen LogP contribution is 2.34. The van der Waals surface area contributed by atoms with Crippen LogP contribution in [0, 0.1) is 0 Å². The SMILES string of the molecule is CC(C)OC(=O)NC(=O)c1ccsc1NC(=O)c1ccc2c(c1)SCN2. The number of thiophene rings is 1. The first-order valence-electron chi connectivity index (χ1n) is 7.85. The van der Waals surface area contributed by atoms with Crippen molar-refractivity contribution >= 4 is 51.7 Å². The average molecular weight is 391 g/mol. The topological polar surface area (TPSA) is 96.5 Å². The third kappa shape index (κ3) is 4.17. The average Bonchev–Trinajstić information content (AvgIpc) is 3.21. The Balaban J connectivity index is 1.69. The number of carbonyl (C=O) groups excluding carboxylic acids is 3. The number of alkyl carbamates (subject to hydrolysis) is 1. The second-order valence-corrected chi connectivity index (χ2v) is 7.64. The lowest BCUT2D eigenvalue weighted by Crippen LogP contribution is -2.32. The van der Waals surface area contributed by atoms with Crippen molar-refractivity contribution in [1.29, 1.82) is 0 Å². The van der Waals surface area contributed by atoms with Gasteiger partial charge < -0.3 is 15.4 Å². The van der Waals surface area contributed by atoms with Gasteiger partial charge in [0.1, 0.15) is 5.00 Å². The van der Waals surface area contributed by atoms with Gasteiger partial charge in [-0.15, -0.1) is 23.1 Å². The standard InChI is InChI=1S/C17H17N3O4S2/c1-9(2)24-17(23)20-15(22)11-5-6-25-16(11)19-14(21)10-3-4-12-13(7-10)26-8-18-12/h3-7,9,18H,8H2,1-2H3,(H,19,21)(H,20,22,23). The van der Waals surface area contributed by atoms with E-state index in [0.29, 0.717) is 10.6 Å². The van der Waals surface area contributed by atoms with Crippen LogP contribution < -0.4 is 16.0 Å². The third-order valence-electron chi connectivity index (χ3n) is 3.43. The van der Waals surface area contributed by atoms with Crippen LogP contribution in [0.2, 0.25) is 0 Å². The Hall–Kier alpha value is -2.52. The van der Waals surface area contributed by atoms with Crippen LogP contribution in [0.5, 0.6) is 0 Å². The highest BCUT2D eigenvalue weighted by molar-refractivity contribution is 7.99. The maximum absolute atomic E-state index is 12.5. The molecule has 1 aliphatic heterocycles. The van der Waals surface area contributed by atoms with Gasteiger partial charge in [0.05, 0.1) is 17.5 Å². The van der Waals surface area contributed by atoms with Gasteiger partial charge in [0, 0.05) is 16.1 Å². The highest BCUT2D eigenvalue weighted by Gasteiger charge is 2.20. The number of nitrogens with one attached hydrogen (secondary N) is 3. The van der Waals surface area contributed by atoms with Crippen molar-refractivity contribution in [2.24, 2.45) is 0 Å². The first-order valence-corrected chi connectivity index (χ1v) is 9.72. The number of imide groups is 1. The largest absolute Gasteiger partial charge is 0.447 e. The van der Waals surface area contributed by atoms with E-state index in [9.17, 15) is 14.4 Å². The molecule has 0 fully saturated rings. The van der Waals surface area contributed by atoms with Gasteiger partial charge in [0.2, 0.25) is 0 Å². The van der Waals surface area contributed by atoms with Gasteiger partial charge in [-0.05, 0) is 43.5 Å². The van der Waals surface area contributed by atoms with E-state index in [2.05, 4.69) is 16.0 Å². The second kappa shape index (κ2) is 7.79. The maximum atomic E-state index is 12.5. The van der Waals surface area contributed by atoms with Crippen molar-refractivity contribution in [1.82, 2.24) is 5.32 Å². The Morgan fingerprint density at radius 3 is 2.77 bits per heavy atom. The van der Waals surface area contributed by atoms with E-state index in [1.165, 1.54) is 11.3 Å². The summed E-state index contributed by atoms with van der Waals surface area (Å²) < 4.78 is 4.89. The van der Waals surface area contributed by atoms with E-state index in [0.717, 1.165) is 16.5 Å². The van der Waals surface area contributed by atoms with Crippen molar-refractivity contribution in [2.75, 3.05) is 16.5 Å². The van der Waals surface area contributed by atoms with Crippen LogP contribution >= 0.6 is 23.1 Å². The molecule has 3 amide bonds. The molecule has 1 aromatic heterocycles. The van der Waals surface area contributed by atoms with Gasteiger partial charge in [0.25, 0.3) is 11.8 Å². The van der Waals surface area contributed by atoms with Crippen LogP contribution in [-0.2, 0) is 4.74 Å². The van der Waals surface area contributed by atoms with Gasteiger partial charge in [-0.1, -0.05) is 0 Å². The minimum absolute atomic E-state index is 0.209. The van der Waals surface area contributed by atoms with E-state index in [4.69, 9.17) is 4.74 Å². The Morgan fingerprint density at radius 1 is 1.19 bits per heavy atom. The van der Waals surface area contributed by atoms with E-state index in [1.54, 1.807) is 43.1 Å². The summed E-state index contributed by atoms with van der Waals surface area (Å²) in [6.07, 6.45) is -1.16. The molecule has 0 saturated heterocycles. The fraction of sp³-hybridized carbons (Fsp3) is 0.235. The summed E-state index contributed by atoms with van der Waals surface area (Å²) in [5.41, 5.74) is 1.71. The molecular formula is C17H17N3O4S2. The molecule has 1 aliphatic rings. The Kier molecular flexibility index (Phi) is 5.48. The summed E-state index contributed by atoms with van der Waals surface area (Å²) >= 11 is 2.83. The molecule has 0 atom stereocenters. The highest BCUT2D eigenvalue weighted by atomic mass is 32.2. The van der Waals surface area contributed by atoms with Crippen LogP contribution in [0.1, 0.15) is 34.6 Å². The van der Waals surface area contributed by atoms with Crippen molar-refractivity contribution in [3.63, 3.8) is 0 Å². The number of carbonyl (C=O) groups is 3. The lowest BCUT2D eigenvalue weighted by molar-refractivity contribution is 0.0877. The van der Waals surface area contributed by atoms with Gasteiger partial charge >= 0.3 is 6.09 Å². The van der Waals surface area contributed by atoms with Gasteiger partial charge in [-0.25, -0.2) is 4.79 Å². The van der Waals surface area contributed by atoms with E-state index in [1.807, 2.05) is 12.1 Å². The summed E-state index contributed by atoms with van der Waals surface area (Å²) in [6.45, 7) is 3.37. The fourth-order valence-corrected chi connectivity index (χ4v) is 3.95. The van der Waals surface area contributed by atoms with Crippen molar-refractivity contribution in [3.05, 3.63) is 40.8 Å². The quantitative estimate of drug-likeness (QED) is 0.734. The Bertz CT molecular complexity index is 863. The predicted octanol–water partition coefficient (Wildman–Crippen LogP) is 3.75. The number of ether oxygens (including phenoxy) is 1. The molecule has 0 spiro atoms. The van der Waals surface area contributed by atoms with E-state index < -0.39 is 12.0 Å². The summed E-state index contributed by atoms with van der Waals surface area (Å²) in [5.74, 6) is -0.162. The van der Waals surface area contributed by atoms with E-state index >= 15 is 0 Å². The van der Waals surface area contributed by atoms with Crippen molar-refractivity contribution in [2.45, 2.75) is 24.8 Å². The number of rotatable bonds is 4. The number of hydrogen-bond donors (Lipinski definition) is 3. The molecular weight excluding hydrogens is 374 g/mol. The van der Waals surface area contributed by atoms with Crippen LogP contribution in [0.4, 0.5) is 15.5 Å². The number of thioether (sulfide) groups is 1. The van der Waals surface area contributed by atoms with Crippen LogP contribution in [0.3, 0.4) is 0 Å². The lowest BCUT2D eigenvalue weighted by Gasteiger charge is -2.10. The second-order valence-electron chi connectivity index (χ2n) is 5.70. The molecule has 7 nitrogen and oxygen atoms in total. The summed E-state index contributed by atoms with van der Waals surface area (Å²) in [6, 6.07) is 6.93.